The molecule has 9 nitrogen and oxygen atoms in total. The van der Waals surface area contributed by atoms with Crippen molar-refractivity contribution in [2.45, 2.75) is 258 Å². The number of phosphoric ester groups is 1. The lowest BCUT2D eigenvalue weighted by atomic mass is 10.0. The monoisotopic (exact) mass is 1070 g/mol. The van der Waals surface area contributed by atoms with Crippen LogP contribution in [0.5, 0.6) is 0 Å². The number of unbranched alkanes of at least 4 members (excludes halogenated alkanes) is 25. The van der Waals surface area contributed by atoms with Crippen molar-refractivity contribution >= 4 is 19.8 Å². The van der Waals surface area contributed by atoms with E-state index in [1.807, 2.05) is 21.1 Å². The summed E-state index contributed by atoms with van der Waals surface area (Å²) in [5.41, 5.74) is 0. The lowest BCUT2D eigenvalue weighted by Gasteiger charge is -2.28. The Hall–Kier alpha value is -3.07. The Labute approximate surface area is 462 Å². The number of allylic oxidation sites excluding steroid dienone is 16. The van der Waals surface area contributed by atoms with Crippen molar-refractivity contribution in [3.05, 3.63) is 97.2 Å². The van der Waals surface area contributed by atoms with E-state index in [1.54, 1.807) is 0 Å². The second kappa shape index (κ2) is 55.7. The summed E-state index contributed by atoms with van der Waals surface area (Å²) in [6, 6.07) is 0. The van der Waals surface area contributed by atoms with Crippen LogP contribution in [0.3, 0.4) is 0 Å². The molecule has 0 aromatic rings. The van der Waals surface area contributed by atoms with Crippen LogP contribution in [0.4, 0.5) is 0 Å². The standard InChI is InChI=1S/C65H114NO8P/c1-6-8-10-12-14-16-18-20-22-24-25-26-27-28-29-30-31-32-33-34-35-36-37-38-39-40-41-42-44-46-48-50-52-54-56-58-65(68)74-63(62-73-75(69,70)72-60-59-66(3,4)5)61-71-64(67)57-55-53-51-49-47-45-43-23-21-19-17-15-13-11-9-7-2/h8,10,14,16-17,19-20,22-23,25-26,28-29,31-32,43,63H,6-7,9,11-13,15,18,21,24,27,30,33-42,44-62H2,1-5H3/b10-8-,16-14-,19-17-,22-20-,26-25-,29-28-,32-31-,43-23-. The lowest BCUT2D eigenvalue weighted by molar-refractivity contribution is -0.870. The minimum atomic E-state index is -4.64. The van der Waals surface area contributed by atoms with Gasteiger partial charge in [-0.05, 0) is 96.3 Å². The van der Waals surface area contributed by atoms with Crippen molar-refractivity contribution in [2.75, 3.05) is 47.5 Å². The van der Waals surface area contributed by atoms with Crippen LogP contribution in [0, 0.1) is 0 Å². The molecule has 2 unspecified atom stereocenters. The number of esters is 2. The Kier molecular flexibility index (Phi) is 53.4. The van der Waals surface area contributed by atoms with Gasteiger partial charge in [0, 0.05) is 12.8 Å². The molecule has 0 spiro atoms. The van der Waals surface area contributed by atoms with E-state index in [2.05, 4.69) is 111 Å². The number of phosphoric acid groups is 1. The molecule has 0 bridgehead atoms. The van der Waals surface area contributed by atoms with Gasteiger partial charge in [0.25, 0.3) is 7.82 Å². The van der Waals surface area contributed by atoms with Crippen LogP contribution in [0.15, 0.2) is 97.2 Å². The molecule has 0 aromatic carbocycles. The van der Waals surface area contributed by atoms with Gasteiger partial charge >= 0.3 is 11.9 Å². The van der Waals surface area contributed by atoms with E-state index >= 15 is 0 Å². The minimum Gasteiger partial charge on any atom is -0.756 e. The molecule has 0 amide bonds. The molecule has 0 fully saturated rings. The Morgan fingerprint density at radius 1 is 0.427 bits per heavy atom. The van der Waals surface area contributed by atoms with Crippen LogP contribution < -0.4 is 4.89 Å². The van der Waals surface area contributed by atoms with Gasteiger partial charge in [0.1, 0.15) is 19.8 Å². The Morgan fingerprint density at radius 3 is 1.13 bits per heavy atom. The van der Waals surface area contributed by atoms with Gasteiger partial charge in [-0.1, -0.05) is 239 Å². The summed E-state index contributed by atoms with van der Waals surface area (Å²) in [7, 11) is 1.15. The molecule has 0 aliphatic rings. The summed E-state index contributed by atoms with van der Waals surface area (Å²) in [6.07, 6.45) is 76.1. The first-order valence-electron chi connectivity index (χ1n) is 30.4. The van der Waals surface area contributed by atoms with E-state index in [4.69, 9.17) is 18.5 Å². The van der Waals surface area contributed by atoms with E-state index in [0.29, 0.717) is 23.9 Å². The number of hydrogen-bond acceptors (Lipinski definition) is 8. The summed E-state index contributed by atoms with van der Waals surface area (Å²) >= 11 is 0. The van der Waals surface area contributed by atoms with Gasteiger partial charge in [-0.15, -0.1) is 0 Å². The molecule has 0 aliphatic heterocycles. The van der Waals surface area contributed by atoms with Crippen LogP contribution in [-0.2, 0) is 32.7 Å². The molecule has 0 saturated heterocycles. The number of nitrogens with zero attached hydrogens (tertiary/aromatic N) is 1. The third-order valence-corrected chi connectivity index (χ3v) is 13.8. The van der Waals surface area contributed by atoms with Gasteiger partial charge in [0.05, 0.1) is 27.7 Å². The Morgan fingerprint density at radius 2 is 0.760 bits per heavy atom. The van der Waals surface area contributed by atoms with E-state index in [9.17, 15) is 19.0 Å². The number of carbonyl (C=O) groups excluding carboxylic acids is 2. The fraction of sp³-hybridized carbons (Fsp3) is 0.723. The van der Waals surface area contributed by atoms with Gasteiger partial charge < -0.3 is 27.9 Å². The van der Waals surface area contributed by atoms with Crippen molar-refractivity contribution in [1.29, 1.82) is 0 Å². The highest BCUT2D eigenvalue weighted by atomic mass is 31.2. The maximum atomic E-state index is 12.8. The maximum Gasteiger partial charge on any atom is 0.306 e. The molecule has 10 heteroatoms. The van der Waals surface area contributed by atoms with Crippen molar-refractivity contribution in [3.8, 4) is 0 Å². The number of quaternary nitrogens is 1. The zero-order valence-electron chi connectivity index (χ0n) is 49.0. The molecule has 0 rings (SSSR count). The smallest absolute Gasteiger partial charge is 0.306 e. The van der Waals surface area contributed by atoms with E-state index in [0.717, 1.165) is 96.3 Å². The average molecular weight is 1070 g/mol. The van der Waals surface area contributed by atoms with Gasteiger partial charge in [0.2, 0.25) is 0 Å². The SMILES string of the molecule is CC/C=C\C/C=C\C/C=C\C/C=C\C/C=C\C/C=C\CCCCCCCCCCCCCCCCCCC(=O)OC(COC(=O)CCCCCCC/C=C\C/C=C\CCCCCC)COP(=O)([O-])OCC[N+](C)(C)C. The zero-order valence-corrected chi connectivity index (χ0v) is 49.9. The van der Waals surface area contributed by atoms with E-state index in [1.165, 1.54) is 116 Å². The number of ether oxygens (including phenoxy) is 2. The third kappa shape index (κ3) is 60.0. The number of likely N-dealkylation sites (N-methyl/N-ethyl adjacent to an activating group) is 1. The molecule has 0 aliphatic carbocycles. The van der Waals surface area contributed by atoms with Crippen molar-refractivity contribution in [2.24, 2.45) is 0 Å². The van der Waals surface area contributed by atoms with Gasteiger partial charge in [-0.3, -0.25) is 14.2 Å². The average Bonchev–Trinajstić information content (AvgIpc) is 3.37. The van der Waals surface area contributed by atoms with Crippen LogP contribution in [0.2, 0.25) is 0 Å². The second-order valence-electron chi connectivity index (χ2n) is 21.3. The molecule has 0 saturated carbocycles. The predicted molar refractivity (Wildman–Crippen MR) is 319 cm³/mol. The summed E-state index contributed by atoms with van der Waals surface area (Å²) < 4.78 is 34.1. The van der Waals surface area contributed by atoms with Gasteiger partial charge in [-0.2, -0.15) is 0 Å². The first-order chi connectivity index (χ1) is 36.5. The highest BCUT2D eigenvalue weighted by Gasteiger charge is 2.22. The largest absolute Gasteiger partial charge is 0.756 e. The summed E-state index contributed by atoms with van der Waals surface area (Å²) in [4.78, 5) is 37.9. The lowest BCUT2D eigenvalue weighted by Crippen LogP contribution is -2.37. The van der Waals surface area contributed by atoms with Crippen LogP contribution in [0.1, 0.15) is 251 Å². The first kappa shape index (κ1) is 71.9. The molecule has 0 heterocycles. The van der Waals surface area contributed by atoms with Crippen molar-refractivity contribution in [3.63, 3.8) is 0 Å². The Balaban J connectivity index is 4.06. The summed E-state index contributed by atoms with van der Waals surface area (Å²) in [6.45, 7) is 4.10. The molecule has 75 heavy (non-hydrogen) atoms. The van der Waals surface area contributed by atoms with E-state index < -0.39 is 32.5 Å². The number of hydrogen-bond donors (Lipinski definition) is 0. The summed E-state index contributed by atoms with van der Waals surface area (Å²) in [5.74, 6) is -0.848. The molecule has 0 aromatic heterocycles. The van der Waals surface area contributed by atoms with E-state index in [-0.39, 0.29) is 26.1 Å². The molecular formula is C65H114NO8P. The highest BCUT2D eigenvalue weighted by molar-refractivity contribution is 7.45. The summed E-state index contributed by atoms with van der Waals surface area (Å²) in [5, 5.41) is 0. The maximum absolute atomic E-state index is 12.8. The normalized spacial score (nSPS) is 13.9. The quantitative estimate of drug-likeness (QED) is 0.0195. The molecular weight excluding hydrogens is 954 g/mol. The van der Waals surface area contributed by atoms with Crippen LogP contribution in [0.25, 0.3) is 0 Å². The van der Waals surface area contributed by atoms with Crippen LogP contribution in [-0.4, -0.2) is 70.0 Å². The molecule has 432 valence electrons. The third-order valence-electron chi connectivity index (χ3n) is 12.8. The fourth-order valence-electron chi connectivity index (χ4n) is 8.16. The van der Waals surface area contributed by atoms with Gasteiger partial charge in [0.15, 0.2) is 6.10 Å². The predicted octanol–water partition coefficient (Wildman–Crippen LogP) is 18.6. The highest BCUT2D eigenvalue weighted by Crippen LogP contribution is 2.38. The fourth-order valence-corrected chi connectivity index (χ4v) is 8.89. The van der Waals surface area contributed by atoms with Crippen molar-refractivity contribution in [1.82, 2.24) is 0 Å². The topological polar surface area (TPSA) is 111 Å². The van der Waals surface area contributed by atoms with Crippen LogP contribution >= 0.6 is 7.82 Å². The zero-order chi connectivity index (χ0) is 54.9. The molecule has 0 N–H and O–H groups in total. The number of carbonyl (C=O) groups is 2. The minimum absolute atomic E-state index is 0.0359. The van der Waals surface area contributed by atoms with Gasteiger partial charge in [-0.25, -0.2) is 0 Å². The second-order valence-corrected chi connectivity index (χ2v) is 22.7. The first-order valence-corrected chi connectivity index (χ1v) is 31.9. The molecule has 0 radical (unpaired) electrons. The number of rotatable bonds is 55. The molecule has 2 atom stereocenters. The van der Waals surface area contributed by atoms with Crippen molar-refractivity contribution < 1.29 is 42.1 Å². The Bertz CT molecular complexity index is 1590.